The van der Waals surface area contributed by atoms with E-state index in [0.29, 0.717) is 6.61 Å². The lowest BCUT2D eigenvalue weighted by molar-refractivity contribution is 0.205. The molecule has 2 heteroatoms. The lowest BCUT2D eigenvalue weighted by Crippen LogP contribution is -2.32. The molecule has 0 aromatic heterocycles. The predicted molar refractivity (Wildman–Crippen MR) is 60.3 cm³/mol. The average molecular weight is 199 g/mol. The van der Waals surface area contributed by atoms with Crippen LogP contribution in [-0.4, -0.2) is 24.8 Å². The molecule has 2 nitrogen and oxygen atoms in total. The van der Waals surface area contributed by atoms with Gasteiger partial charge in [-0.3, -0.25) is 0 Å². The van der Waals surface area contributed by atoms with E-state index in [2.05, 4.69) is 19.2 Å². The van der Waals surface area contributed by atoms with Crippen LogP contribution in [0, 0.1) is 11.3 Å². The van der Waals surface area contributed by atoms with Gasteiger partial charge in [-0.05, 0) is 37.1 Å². The molecule has 0 bridgehead atoms. The largest absolute Gasteiger partial charge is 0.396 e. The molecular weight excluding hydrogens is 174 g/mol. The fourth-order valence-corrected chi connectivity index (χ4v) is 2.22. The molecule has 0 unspecified atom stereocenters. The van der Waals surface area contributed by atoms with Crippen LogP contribution < -0.4 is 5.32 Å². The third-order valence-electron chi connectivity index (χ3n) is 3.30. The van der Waals surface area contributed by atoms with Crippen LogP contribution in [0.3, 0.4) is 0 Å². The van der Waals surface area contributed by atoms with E-state index in [-0.39, 0.29) is 5.41 Å². The van der Waals surface area contributed by atoms with Gasteiger partial charge in [0.1, 0.15) is 0 Å². The van der Waals surface area contributed by atoms with Crippen LogP contribution in [0.5, 0.6) is 0 Å². The van der Waals surface area contributed by atoms with Crippen molar-refractivity contribution in [1.29, 1.82) is 0 Å². The second-order valence-electron chi connectivity index (χ2n) is 5.42. The molecule has 2 N–H and O–H groups in total. The Morgan fingerprint density at radius 3 is 2.50 bits per heavy atom. The smallest absolute Gasteiger partial charge is 0.0436 e. The molecule has 1 rings (SSSR count). The SMILES string of the molecule is CC(C)(CCO)CNCC1CCCC1. The molecule has 0 spiro atoms. The van der Waals surface area contributed by atoms with Crippen molar-refractivity contribution in [2.75, 3.05) is 19.7 Å². The number of aliphatic hydroxyl groups excluding tert-OH is 1. The van der Waals surface area contributed by atoms with Gasteiger partial charge in [0, 0.05) is 13.2 Å². The van der Waals surface area contributed by atoms with Gasteiger partial charge in [-0.1, -0.05) is 26.7 Å². The summed E-state index contributed by atoms with van der Waals surface area (Å²) in [5.41, 5.74) is 0.243. The molecule has 84 valence electrons. The molecule has 1 saturated carbocycles. The summed E-state index contributed by atoms with van der Waals surface area (Å²) < 4.78 is 0. The Morgan fingerprint density at radius 1 is 1.29 bits per heavy atom. The van der Waals surface area contributed by atoms with Crippen molar-refractivity contribution in [1.82, 2.24) is 5.32 Å². The first-order valence-corrected chi connectivity index (χ1v) is 5.96. The van der Waals surface area contributed by atoms with Gasteiger partial charge in [-0.15, -0.1) is 0 Å². The first-order chi connectivity index (χ1) is 6.64. The molecular formula is C12H25NO. The highest BCUT2D eigenvalue weighted by molar-refractivity contribution is 4.74. The Balaban J connectivity index is 2.07. The van der Waals surface area contributed by atoms with Gasteiger partial charge in [0.15, 0.2) is 0 Å². The lowest BCUT2D eigenvalue weighted by atomic mass is 9.89. The van der Waals surface area contributed by atoms with Gasteiger partial charge in [0.25, 0.3) is 0 Å². The van der Waals surface area contributed by atoms with E-state index in [4.69, 9.17) is 5.11 Å². The first kappa shape index (κ1) is 12.0. The van der Waals surface area contributed by atoms with E-state index in [9.17, 15) is 0 Å². The third-order valence-corrected chi connectivity index (χ3v) is 3.30. The summed E-state index contributed by atoms with van der Waals surface area (Å²) in [6.07, 6.45) is 6.56. The van der Waals surface area contributed by atoms with E-state index >= 15 is 0 Å². The van der Waals surface area contributed by atoms with Crippen LogP contribution in [0.25, 0.3) is 0 Å². The number of nitrogens with one attached hydrogen (secondary N) is 1. The summed E-state index contributed by atoms with van der Waals surface area (Å²) >= 11 is 0. The molecule has 0 aliphatic heterocycles. The highest BCUT2D eigenvalue weighted by atomic mass is 16.3. The monoisotopic (exact) mass is 199 g/mol. The topological polar surface area (TPSA) is 32.3 Å². The molecule has 14 heavy (non-hydrogen) atoms. The van der Waals surface area contributed by atoms with Crippen molar-refractivity contribution in [2.24, 2.45) is 11.3 Å². The lowest BCUT2D eigenvalue weighted by Gasteiger charge is -2.24. The molecule has 0 radical (unpaired) electrons. The normalized spacial score (nSPS) is 19.1. The maximum atomic E-state index is 8.88. The second kappa shape index (κ2) is 5.72. The Labute approximate surface area is 88.1 Å². The Kier molecular flexibility index (Phi) is 4.90. The molecule has 0 aromatic carbocycles. The van der Waals surface area contributed by atoms with Crippen LogP contribution >= 0.6 is 0 Å². The third kappa shape index (κ3) is 4.43. The number of hydrogen-bond acceptors (Lipinski definition) is 2. The number of rotatable bonds is 6. The minimum Gasteiger partial charge on any atom is -0.396 e. The minimum absolute atomic E-state index is 0.243. The van der Waals surface area contributed by atoms with Crippen LogP contribution in [-0.2, 0) is 0 Å². The highest BCUT2D eigenvalue weighted by Gasteiger charge is 2.18. The Hall–Kier alpha value is -0.0800. The van der Waals surface area contributed by atoms with Crippen molar-refractivity contribution < 1.29 is 5.11 Å². The van der Waals surface area contributed by atoms with E-state index in [0.717, 1.165) is 18.9 Å². The summed E-state index contributed by atoms with van der Waals surface area (Å²) in [6.45, 7) is 6.94. The van der Waals surface area contributed by atoms with Gasteiger partial charge in [0.05, 0.1) is 0 Å². The number of hydrogen-bond donors (Lipinski definition) is 2. The zero-order valence-corrected chi connectivity index (χ0v) is 9.68. The zero-order chi connectivity index (χ0) is 10.4. The summed E-state index contributed by atoms with van der Waals surface area (Å²) in [5, 5.41) is 12.4. The molecule has 0 atom stereocenters. The van der Waals surface area contributed by atoms with Gasteiger partial charge in [0.2, 0.25) is 0 Å². The van der Waals surface area contributed by atoms with Crippen LogP contribution in [0.15, 0.2) is 0 Å². The molecule has 0 amide bonds. The second-order valence-corrected chi connectivity index (χ2v) is 5.42. The Morgan fingerprint density at radius 2 is 1.93 bits per heavy atom. The summed E-state index contributed by atoms with van der Waals surface area (Å²) in [6, 6.07) is 0. The fraction of sp³-hybridized carbons (Fsp3) is 1.00. The van der Waals surface area contributed by atoms with Gasteiger partial charge in [-0.25, -0.2) is 0 Å². The van der Waals surface area contributed by atoms with Crippen LogP contribution in [0.2, 0.25) is 0 Å². The minimum atomic E-state index is 0.243. The van der Waals surface area contributed by atoms with E-state index in [1.54, 1.807) is 0 Å². The van der Waals surface area contributed by atoms with Crippen LogP contribution in [0.1, 0.15) is 46.0 Å². The van der Waals surface area contributed by atoms with Crippen molar-refractivity contribution in [3.63, 3.8) is 0 Å². The van der Waals surface area contributed by atoms with Crippen molar-refractivity contribution in [3.8, 4) is 0 Å². The summed E-state index contributed by atoms with van der Waals surface area (Å²) in [5.74, 6) is 0.917. The summed E-state index contributed by atoms with van der Waals surface area (Å²) in [4.78, 5) is 0. The van der Waals surface area contributed by atoms with E-state index in [1.165, 1.54) is 32.2 Å². The molecule has 0 saturated heterocycles. The Bertz CT molecular complexity index is 150. The molecule has 0 aromatic rings. The standard InChI is InChI=1S/C12H25NO/c1-12(2,7-8-14)10-13-9-11-5-3-4-6-11/h11,13-14H,3-10H2,1-2H3. The zero-order valence-electron chi connectivity index (χ0n) is 9.68. The fourth-order valence-electron chi connectivity index (χ4n) is 2.22. The highest BCUT2D eigenvalue weighted by Crippen LogP contribution is 2.24. The van der Waals surface area contributed by atoms with Gasteiger partial charge in [-0.2, -0.15) is 0 Å². The number of aliphatic hydroxyl groups is 1. The van der Waals surface area contributed by atoms with E-state index in [1.807, 2.05) is 0 Å². The van der Waals surface area contributed by atoms with Gasteiger partial charge >= 0.3 is 0 Å². The average Bonchev–Trinajstić information content (AvgIpc) is 2.56. The predicted octanol–water partition coefficient (Wildman–Crippen LogP) is 2.17. The maximum Gasteiger partial charge on any atom is 0.0436 e. The van der Waals surface area contributed by atoms with Crippen molar-refractivity contribution in [3.05, 3.63) is 0 Å². The quantitative estimate of drug-likeness (QED) is 0.687. The first-order valence-electron chi connectivity index (χ1n) is 5.96. The van der Waals surface area contributed by atoms with Crippen molar-refractivity contribution in [2.45, 2.75) is 46.0 Å². The van der Waals surface area contributed by atoms with Gasteiger partial charge < -0.3 is 10.4 Å². The van der Waals surface area contributed by atoms with E-state index < -0.39 is 0 Å². The molecule has 1 fully saturated rings. The van der Waals surface area contributed by atoms with Crippen LogP contribution in [0.4, 0.5) is 0 Å². The summed E-state index contributed by atoms with van der Waals surface area (Å²) in [7, 11) is 0. The van der Waals surface area contributed by atoms with Crippen molar-refractivity contribution >= 4 is 0 Å². The molecule has 0 heterocycles. The molecule has 1 aliphatic rings. The maximum absolute atomic E-state index is 8.88. The molecule has 1 aliphatic carbocycles.